The van der Waals surface area contributed by atoms with Crippen LogP contribution in [0.4, 0.5) is 0 Å². The molecule has 1 amide bonds. The fourth-order valence-electron chi connectivity index (χ4n) is 1.71. The molecule has 0 radical (unpaired) electrons. The van der Waals surface area contributed by atoms with Crippen molar-refractivity contribution in [2.45, 2.75) is 52.1 Å². The molecular formula is C15H23NO2. The van der Waals surface area contributed by atoms with Gasteiger partial charge in [0.15, 0.2) is 0 Å². The van der Waals surface area contributed by atoms with Crippen molar-refractivity contribution < 1.29 is 9.63 Å². The Morgan fingerprint density at radius 2 is 1.83 bits per heavy atom. The molecule has 0 aliphatic rings. The summed E-state index contributed by atoms with van der Waals surface area (Å²) in [5.41, 5.74) is 3.54. The van der Waals surface area contributed by atoms with Crippen LogP contribution >= 0.6 is 0 Å². The predicted molar refractivity (Wildman–Crippen MR) is 72.7 cm³/mol. The molecule has 0 aliphatic carbocycles. The summed E-state index contributed by atoms with van der Waals surface area (Å²) < 4.78 is 0. The normalized spacial score (nSPS) is 10.3. The summed E-state index contributed by atoms with van der Waals surface area (Å²) in [4.78, 5) is 16.6. The third-order valence-corrected chi connectivity index (χ3v) is 2.78. The van der Waals surface area contributed by atoms with Crippen LogP contribution in [0, 0.1) is 0 Å². The van der Waals surface area contributed by atoms with Gasteiger partial charge in [-0.15, -0.1) is 0 Å². The minimum absolute atomic E-state index is 0.0255. The first-order valence-electron chi connectivity index (χ1n) is 6.77. The lowest BCUT2D eigenvalue weighted by Crippen LogP contribution is -2.23. The summed E-state index contributed by atoms with van der Waals surface area (Å²) in [5, 5.41) is 0. The largest absolute Gasteiger partial charge is 0.273 e. The summed E-state index contributed by atoms with van der Waals surface area (Å²) in [7, 11) is 0. The maximum atomic E-state index is 11.4. The van der Waals surface area contributed by atoms with Gasteiger partial charge in [0, 0.05) is 6.42 Å². The molecule has 3 nitrogen and oxygen atoms in total. The number of hydrogen-bond acceptors (Lipinski definition) is 2. The number of benzene rings is 1. The van der Waals surface area contributed by atoms with Crippen LogP contribution in [0.5, 0.6) is 0 Å². The number of carbonyl (C=O) groups is 1. The van der Waals surface area contributed by atoms with Gasteiger partial charge in [-0.3, -0.25) is 9.63 Å². The lowest BCUT2D eigenvalue weighted by molar-refractivity contribution is -0.134. The first-order chi connectivity index (χ1) is 8.83. The van der Waals surface area contributed by atoms with Crippen molar-refractivity contribution in [1.29, 1.82) is 0 Å². The molecule has 100 valence electrons. The van der Waals surface area contributed by atoms with Crippen molar-refractivity contribution in [2.75, 3.05) is 0 Å². The van der Waals surface area contributed by atoms with Gasteiger partial charge in [0.05, 0.1) is 6.61 Å². The third-order valence-electron chi connectivity index (χ3n) is 2.78. The second-order valence-corrected chi connectivity index (χ2v) is 4.46. The highest BCUT2D eigenvalue weighted by Crippen LogP contribution is 2.05. The second-order valence-electron chi connectivity index (χ2n) is 4.46. The van der Waals surface area contributed by atoms with E-state index in [0.717, 1.165) is 18.4 Å². The fraction of sp³-hybridized carbons (Fsp3) is 0.533. The fourth-order valence-corrected chi connectivity index (χ4v) is 1.71. The molecule has 0 aliphatic heterocycles. The van der Waals surface area contributed by atoms with Crippen LogP contribution in [0.1, 0.15) is 51.0 Å². The molecule has 0 atom stereocenters. The van der Waals surface area contributed by atoms with Crippen LogP contribution in [-0.4, -0.2) is 5.91 Å². The Labute approximate surface area is 109 Å². The van der Waals surface area contributed by atoms with Gasteiger partial charge in [-0.1, -0.05) is 62.9 Å². The number of unbranched alkanes of at least 4 members (excludes halogenated alkanes) is 4. The molecule has 1 N–H and O–H groups in total. The molecule has 0 unspecified atom stereocenters. The quantitative estimate of drug-likeness (QED) is 0.536. The molecule has 0 aromatic heterocycles. The Morgan fingerprint density at radius 3 is 2.56 bits per heavy atom. The smallest absolute Gasteiger partial charge is 0.243 e. The highest BCUT2D eigenvalue weighted by molar-refractivity contribution is 5.74. The lowest BCUT2D eigenvalue weighted by atomic mass is 10.1. The van der Waals surface area contributed by atoms with Gasteiger partial charge >= 0.3 is 0 Å². The third kappa shape index (κ3) is 7.07. The van der Waals surface area contributed by atoms with E-state index >= 15 is 0 Å². The van der Waals surface area contributed by atoms with Crippen LogP contribution in [0.2, 0.25) is 0 Å². The van der Waals surface area contributed by atoms with Crippen LogP contribution in [0.3, 0.4) is 0 Å². The van der Waals surface area contributed by atoms with Crippen LogP contribution in [0.25, 0.3) is 0 Å². The van der Waals surface area contributed by atoms with Crippen molar-refractivity contribution in [1.82, 2.24) is 5.48 Å². The van der Waals surface area contributed by atoms with Crippen molar-refractivity contribution in [2.24, 2.45) is 0 Å². The number of amides is 1. The maximum absolute atomic E-state index is 11.4. The van der Waals surface area contributed by atoms with Crippen LogP contribution in [0.15, 0.2) is 30.3 Å². The maximum Gasteiger partial charge on any atom is 0.243 e. The molecule has 3 heteroatoms. The summed E-state index contributed by atoms with van der Waals surface area (Å²) in [6.45, 7) is 2.60. The topological polar surface area (TPSA) is 38.3 Å². The molecule has 18 heavy (non-hydrogen) atoms. The van der Waals surface area contributed by atoms with E-state index in [1.807, 2.05) is 30.3 Å². The van der Waals surface area contributed by atoms with E-state index in [1.165, 1.54) is 19.3 Å². The summed E-state index contributed by atoms with van der Waals surface area (Å²) >= 11 is 0. The molecule has 1 aromatic rings. The monoisotopic (exact) mass is 249 g/mol. The highest BCUT2D eigenvalue weighted by Gasteiger charge is 2.00. The molecule has 1 rings (SSSR count). The van der Waals surface area contributed by atoms with Gasteiger partial charge < -0.3 is 0 Å². The first-order valence-corrected chi connectivity index (χ1v) is 6.77. The van der Waals surface area contributed by atoms with E-state index in [-0.39, 0.29) is 5.91 Å². The first kappa shape index (κ1) is 14.7. The molecule has 0 spiro atoms. The lowest BCUT2D eigenvalue weighted by Gasteiger charge is -2.05. The SMILES string of the molecule is CCCCCCCC(=O)NOCc1ccccc1. The van der Waals surface area contributed by atoms with Crippen molar-refractivity contribution >= 4 is 5.91 Å². The summed E-state index contributed by atoms with van der Waals surface area (Å²) in [6, 6.07) is 9.80. The second kappa shape index (κ2) is 9.66. The molecular weight excluding hydrogens is 226 g/mol. The number of nitrogens with one attached hydrogen (secondary N) is 1. The van der Waals surface area contributed by atoms with Gasteiger partial charge in [0.25, 0.3) is 0 Å². The Hall–Kier alpha value is -1.35. The minimum Gasteiger partial charge on any atom is -0.273 e. The van der Waals surface area contributed by atoms with Gasteiger partial charge in [0.2, 0.25) is 5.91 Å². The van der Waals surface area contributed by atoms with Crippen LogP contribution < -0.4 is 5.48 Å². The molecule has 0 bridgehead atoms. The van der Waals surface area contributed by atoms with Crippen molar-refractivity contribution in [3.8, 4) is 0 Å². The Kier molecular flexibility index (Phi) is 7.89. The minimum atomic E-state index is -0.0255. The predicted octanol–water partition coefficient (Wildman–Crippen LogP) is 3.59. The van der Waals surface area contributed by atoms with E-state index < -0.39 is 0 Å². The Morgan fingerprint density at radius 1 is 1.11 bits per heavy atom. The summed E-state index contributed by atoms with van der Waals surface area (Å²) in [6.07, 6.45) is 6.33. The van der Waals surface area contributed by atoms with Gasteiger partial charge in [0.1, 0.15) is 0 Å². The zero-order chi connectivity index (χ0) is 13.1. The number of rotatable bonds is 9. The number of hydroxylamine groups is 1. The zero-order valence-electron chi connectivity index (χ0n) is 11.2. The van der Waals surface area contributed by atoms with E-state index in [2.05, 4.69) is 12.4 Å². The van der Waals surface area contributed by atoms with E-state index in [1.54, 1.807) is 0 Å². The molecule has 0 fully saturated rings. The van der Waals surface area contributed by atoms with Crippen molar-refractivity contribution in [3.05, 3.63) is 35.9 Å². The molecule has 0 saturated carbocycles. The van der Waals surface area contributed by atoms with Gasteiger partial charge in [-0.05, 0) is 12.0 Å². The van der Waals surface area contributed by atoms with Gasteiger partial charge in [-0.2, -0.15) is 0 Å². The molecule has 1 aromatic carbocycles. The standard InChI is InChI=1S/C15H23NO2/c1-2-3-4-5-9-12-15(17)16-18-13-14-10-7-6-8-11-14/h6-8,10-11H,2-5,9,12-13H2,1H3,(H,16,17). The summed E-state index contributed by atoms with van der Waals surface area (Å²) in [5.74, 6) is -0.0255. The molecule has 0 saturated heterocycles. The number of hydrogen-bond donors (Lipinski definition) is 1. The Balaban J connectivity index is 2.00. The molecule has 0 heterocycles. The Bertz CT molecular complexity index is 325. The van der Waals surface area contributed by atoms with Crippen molar-refractivity contribution in [3.63, 3.8) is 0 Å². The average molecular weight is 249 g/mol. The highest BCUT2D eigenvalue weighted by atomic mass is 16.6. The van der Waals surface area contributed by atoms with E-state index in [9.17, 15) is 4.79 Å². The van der Waals surface area contributed by atoms with Gasteiger partial charge in [-0.25, -0.2) is 5.48 Å². The van der Waals surface area contributed by atoms with Crippen LogP contribution in [-0.2, 0) is 16.2 Å². The average Bonchev–Trinajstić information content (AvgIpc) is 2.40. The number of carbonyl (C=O) groups excluding carboxylic acids is 1. The van der Waals surface area contributed by atoms with E-state index in [4.69, 9.17) is 4.84 Å². The zero-order valence-corrected chi connectivity index (χ0v) is 11.2. The van der Waals surface area contributed by atoms with E-state index in [0.29, 0.717) is 13.0 Å².